The largest absolute Gasteiger partial charge is 0.364 e. The SMILES string of the molecule is Cc1cc(C(N)=O)n(C(=O)c2ccc(F)cc2)c1C. The minimum absolute atomic E-state index is 0.129. The van der Waals surface area contributed by atoms with Crippen LogP contribution < -0.4 is 5.73 Å². The molecule has 2 aromatic rings. The molecule has 2 N–H and O–H groups in total. The van der Waals surface area contributed by atoms with E-state index in [-0.39, 0.29) is 5.69 Å². The number of rotatable bonds is 2. The number of aryl methyl sites for hydroxylation is 1. The highest BCUT2D eigenvalue weighted by atomic mass is 19.1. The predicted octanol–water partition coefficient (Wildman–Crippen LogP) is 2.03. The highest BCUT2D eigenvalue weighted by Gasteiger charge is 2.20. The van der Waals surface area contributed by atoms with Crippen LogP contribution in [0, 0.1) is 19.7 Å². The van der Waals surface area contributed by atoms with Gasteiger partial charge in [0, 0.05) is 11.3 Å². The lowest BCUT2D eigenvalue weighted by Crippen LogP contribution is -2.23. The molecule has 0 aliphatic carbocycles. The summed E-state index contributed by atoms with van der Waals surface area (Å²) in [6.07, 6.45) is 0. The van der Waals surface area contributed by atoms with Gasteiger partial charge in [0.2, 0.25) is 0 Å². The van der Waals surface area contributed by atoms with E-state index in [1.807, 2.05) is 0 Å². The van der Waals surface area contributed by atoms with E-state index in [1.165, 1.54) is 28.8 Å². The van der Waals surface area contributed by atoms with Crippen molar-refractivity contribution in [3.63, 3.8) is 0 Å². The molecule has 98 valence electrons. The summed E-state index contributed by atoms with van der Waals surface area (Å²) in [7, 11) is 0. The van der Waals surface area contributed by atoms with Gasteiger partial charge in [-0.1, -0.05) is 0 Å². The molecule has 0 fully saturated rings. The molecule has 0 saturated carbocycles. The van der Waals surface area contributed by atoms with Crippen LogP contribution in [0.1, 0.15) is 32.1 Å². The van der Waals surface area contributed by atoms with E-state index in [0.29, 0.717) is 11.3 Å². The first kappa shape index (κ1) is 13.0. The van der Waals surface area contributed by atoms with Crippen LogP contribution in [0.25, 0.3) is 0 Å². The molecule has 0 aliphatic rings. The fourth-order valence-electron chi connectivity index (χ4n) is 1.90. The standard InChI is InChI=1S/C14H13FN2O2/c1-8-7-12(13(16)18)17(9(8)2)14(19)10-3-5-11(15)6-4-10/h3-7H,1-2H3,(H2,16,18). The predicted molar refractivity (Wildman–Crippen MR) is 68.6 cm³/mol. The number of aromatic nitrogens is 1. The van der Waals surface area contributed by atoms with Gasteiger partial charge in [-0.15, -0.1) is 0 Å². The maximum Gasteiger partial charge on any atom is 0.265 e. The molecule has 5 heteroatoms. The summed E-state index contributed by atoms with van der Waals surface area (Å²) in [4.78, 5) is 23.7. The van der Waals surface area contributed by atoms with Crippen LogP contribution in [0.2, 0.25) is 0 Å². The zero-order valence-corrected chi connectivity index (χ0v) is 10.6. The second-order valence-electron chi connectivity index (χ2n) is 4.31. The number of hydrogen-bond acceptors (Lipinski definition) is 2. The second kappa shape index (κ2) is 4.68. The number of carbonyl (C=O) groups is 2. The molecule has 4 nitrogen and oxygen atoms in total. The van der Waals surface area contributed by atoms with Gasteiger partial charge in [-0.05, 0) is 49.7 Å². The van der Waals surface area contributed by atoms with Crippen LogP contribution in [0.5, 0.6) is 0 Å². The lowest BCUT2D eigenvalue weighted by atomic mass is 10.2. The molecule has 0 aliphatic heterocycles. The monoisotopic (exact) mass is 260 g/mol. The molecule has 1 aromatic carbocycles. The molecule has 1 amide bonds. The summed E-state index contributed by atoms with van der Waals surface area (Å²) in [6.45, 7) is 3.51. The van der Waals surface area contributed by atoms with Crippen LogP contribution >= 0.6 is 0 Å². The Balaban J connectivity index is 2.55. The first-order valence-electron chi connectivity index (χ1n) is 5.71. The van der Waals surface area contributed by atoms with Gasteiger partial charge in [0.15, 0.2) is 0 Å². The number of halogens is 1. The van der Waals surface area contributed by atoms with E-state index in [0.717, 1.165) is 5.56 Å². The van der Waals surface area contributed by atoms with E-state index in [1.54, 1.807) is 19.9 Å². The summed E-state index contributed by atoms with van der Waals surface area (Å²) in [5.74, 6) is -1.50. The molecule has 0 bridgehead atoms. The zero-order valence-electron chi connectivity index (χ0n) is 10.6. The third-order valence-electron chi connectivity index (χ3n) is 3.05. The maximum absolute atomic E-state index is 12.9. The molecular weight excluding hydrogens is 247 g/mol. The normalized spacial score (nSPS) is 10.5. The first-order valence-corrected chi connectivity index (χ1v) is 5.71. The quantitative estimate of drug-likeness (QED) is 0.897. The van der Waals surface area contributed by atoms with Crippen molar-refractivity contribution in [3.8, 4) is 0 Å². The van der Waals surface area contributed by atoms with E-state index in [9.17, 15) is 14.0 Å². The van der Waals surface area contributed by atoms with Gasteiger partial charge < -0.3 is 5.73 Å². The minimum Gasteiger partial charge on any atom is -0.364 e. The van der Waals surface area contributed by atoms with Crippen molar-refractivity contribution in [2.45, 2.75) is 13.8 Å². The number of benzene rings is 1. The zero-order chi connectivity index (χ0) is 14.2. The van der Waals surface area contributed by atoms with Gasteiger partial charge in [-0.3, -0.25) is 14.2 Å². The average Bonchev–Trinajstić information content (AvgIpc) is 2.66. The van der Waals surface area contributed by atoms with Crippen LogP contribution in [0.3, 0.4) is 0 Å². The summed E-state index contributed by atoms with van der Waals surface area (Å²) < 4.78 is 14.1. The number of hydrogen-bond donors (Lipinski definition) is 1. The van der Waals surface area contributed by atoms with E-state index < -0.39 is 17.6 Å². The van der Waals surface area contributed by atoms with Crippen molar-refractivity contribution in [3.05, 3.63) is 58.7 Å². The van der Waals surface area contributed by atoms with Gasteiger partial charge in [0.05, 0.1) is 0 Å². The lowest BCUT2D eigenvalue weighted by molar-refractivity contribution is 0.0921. The Labute approximate surface area is 109 Å². The van der Waals surface area contributed by atoms with Gasteiger partial charge in [0.1, 0.15) is 11.5 Å². The van der Waals surface area contributed by atoms with Gasteiger partial charge in [0.25, 0.3) is 11.8 Å². The van der Waals surface area contributed by atoms with Crippen molar-refractivity contribution < 1.29 is 14.0 Å². The van der Waals surface area contributed by atoms with Gasteiger partial charge >= 0.3 is 0 Å². The molecule has 1 aromatic heterocycles. The van der Waals surface area contributed by atoms with Crippen LogP contribution in [0.4, 0.5) is 4.39 Å². The van der Waals surface area contributed by atoms with Gasteiger partial charge in [-0.2, -0.15) is 0 Å². The summed E-state index contributed by atoms with van der Waals surface area (Å²) in [5, 5.41) is 0. The van der Waals surface area contributed by atoms with Crippen molar-refractivity contribution >= 4 is 11.8 Å². The Hall–Kier alpha value is -2.43. The molecule has 0 atom stereocenters. The number of nitrogens with zero attached hydrogens (tertiary/aromatic N) is 1. The molecule has 0 spiro atoms. The Morgan fingerprint density at radius 1 is 1.16 bits per heavy atom. The average molecular weight is 260 g/mol. The van der Waals surface area contributed by atoms with Crippen LogP contribution in [0.15, 0.2) is 30.3 Å². The van der Waals surface area contributed by atoms with Crippen molar-refractivity contribution in [2.75, 3.05) is 0 Å². The van der Waals surface area contributed by atoms with E-state index in [2.05, 4.69) is 0 Å². The molecule has 0 saturated heterocycles. The van der Waals surface area contributed by atoms with Crippen molar-refractivity contribution in [1.82, 2.24) is 4.57 Å². The Bertz CT molecular complexity index is 657. The summed E-state index contributed by atoms with van der Waals surface area (Å²) in [6, 6.07) is 6.71. The number of primary amides is 1. The van der Waals surface area contributed by atoms with Crippen molar-refractivity contribution in [1.29, 1.82) is 0 Å². The van der Waals surface area contributed by atoms with Crippen LogP contribution in [-0.4, -0.2) is 16.4 Å². The highest BCUT2D eigenvalue weighted by molar-refractivity contribution is 6.03. The first-order chi connectivity index (χ1) is 8.91. The molecule has 2 rings (SSSR count). The lowest BCUT2D eigenvalue weighted by Gasteiger charge is -2.08. The number of carbonyl (C=O) groups excluding carboxylic acids is 2. The topological polar surface area (TPSA) is 65.1 Å². The van der Waals surface area contributed by atoms with E-state index >= 15 is 0 Å². The number of nitrogens with two attached hydrogens (primary N) is 1. The summed E-state index contributed by atoms with van der Waals surface area (Å²) in [5.41, 5.74) is 7.13. The third kappa shape index (κ3) is 2.27. The van der Waals surface area contributed by atoms with Crippen LogP contribution in [-0.2, 0) is 0 Å². The smallest absolute Gasteiger partial charge is 0.265 e. The maximum atomic E-state index is 12.9. The Kier molecular flexibility index (Phi) is 3.21. The highest BCUT2D eigenvalue weighted by Crippen LogP contribution is 2.17. The molecule has 0 radical (unpaired) electrons. The molecule has 0 unspecified atom stereocenters. The summed E-state index contributed by atoms with van der Waals surface area (Å²) >= 11 is 0. The van der Waals surface area contributed by atoms with Crippen molar-refractivity contribution in [2.24, 2.45) is 5.73 Å². The third-order valence-corrected chi connectivity index (χ3v) is 3.05. The number of amides is 1. The molecule has 19 heavy (non-hydrogen) atoms. The Morgan fingerprint density at radius 3 is 2.26 bits per heavy atom. The Morgan fingerprint density at radius 2 is 1.74 bits per heavy atom. The molecule has 1 heterocycles. The fourth-order valence-corrected chi connectivity index (χ4v) is 1.90. The van der Waals surface area contributed by atoms with E-state index in [4.69, 9.17) is 5.73 Å². The molecular formula is C14H13FN2O2. The van der Waals surface area contributed by atoms with Gasteiger partial charge in [-0.25, -0.2) is 4.39 Å². The fraction of sp³-hybridized carbons (Fsp3) is 0.143. The second-order valence-corrected chi connectivity index (χ2v) is 4.31. The minimum atomic E-state index is -0.674.